The van der Waals surface area contributed by atoms with Crippen LogP contribution in [0, 0.1) is 11.3 Å². The molecule has 4 heteroatoms. The van der Waals surface area contributed by atoms with Crippen molar-refractivity contribution in [3.05, 3.63) is 23.8 Å². The SMILES string of the molecule is CSc1cccc(N(C)C2CC3CCC(C2)N3)c1C#N. The number of piperidine rings is 1. The molecule has 1 aromatic carbocycles. The van der Waals surface area contributed by atoms with Gasteiger partial charge in [-0.2, -0.15) is 5.26 Å². The minimum Gasteiger partial charge on any atom is -0.370 e. The lowest BCUT2D eigenvalue weighted by Gasteiger charge is -2.37. The molecule has 2 unspecified atom stereocenters. The van der Waals surface area contributed by atoms with E-state index in [0.29, 0.717) is 18.1 Å². The molecule has 3 nitrogen and oxygen atoms in total. The van der Waals surface area contributed by atoms with Crippen LogP contribution >= 0.6 is 11.8 Å². The van der Waals surface area contributed by atoms with Crippen molar-refractivity contribution in [3.63, 3.8) is 0 Å². The van der Waals surface area contributed by atoms with Gasteiger partial charge in [0.05, 0.1) is 11.3 Å². The van der Waals surface area contributed by atoms with E-state index in [2.05, 4.69) is 35.5 Å². The summed E-state index contributed by atoms with van der Waals surface area (Å²) in [4.78, 5) is 3.42. The largest absolute Gasteiger partial charge is 0.370 e. The number of nitriles is 1. The summed E-state index contributed by atoms with van der Waals surface area (Å²) in [6.45, 7) is 0. The molecule has 2 atom stereocenters. The minimum atomic E-state index is 0.554. The molecule has 2 saturated heterocycles. The molecule has 2 aliphatic heterocycles. The van der Waals surface area contributed by atoms with Gasteiger partial charge in [-0.25, -0.2) is 0 Å². The average Bonchev–Trinajstić information content (AvgIpc) is 2.83. The summed E-state index contributed by atoms with van der Waals surface area (Å²) in [5, 5.41) is 13.2. The van der Waals surface area contributed by atoms with Gasteiger partial charge in [-0.1, -0.05) is 6.07 Å². The van der Waals surface area contributed by atoms with Crippen molar-refractivity contribution in [3.8, 4) is 6.07 Å². The van der Waals surface area contributed by atoms with Gasteiger partial charge in [0.15, 0.2) is 0 Å². The Labute approximate surface area is 125 Å². The second-order valence-corrected chi connectivity index (χ2v) is 6.69. The van der Waals surface area contributed by atoms with Crippen molar-refractivity contribution in [1.29, 1.82) is 5.26 Å². The van der Waals surface area contributed by atoms with E-state index in [4.69, 9.17) is 0 Å². The first-order valence-electron chi connectivity index (χ1n) is 7.29. The van der Waals surface area contributed by atoms with Gasteiger partial charge in [-0.05, 0) is 44.1 Å². The van der Waals surface area contributed by atoms with Crippen LogP contribution in [0.5, 0.6) is 0 Å². The normalized spacial score (nSPS) is 28.1. The van der Waals surface area contributed by atoms with Crippen molar-refractivity contribution in [2.75, 3.05) is 18.2 Å². The van der Waals surface area contributed by atoms with Crippen LogP contribution in [0.3, 0.4) is 0 Å². The zero-order valence-corrected chi connectivity index (χ0v) is 12.9. The standard InChI is InChI=1S/C16H21N3S/c1-19(13-8-11-6-7-12(9-13)18-11)15-4-3-5-16(20-2)14(15)10-17/h3-5,11-13,18H,6-9H2,1-2H3. The number of anilines is 1. The molecule has 0 saturated carbocycles. The Morgan fingerprint density at radius 2 is 2.00 bits per heavy atom. The van der Waals surface area contributed by atoms with Crippen LogP contribution in [0.4, 0.5) is 5.69 Å². The van der Waals surface area contributed by atoms with E-state index < -0.39 is 0 Å². The van der Waals surface area contributed by atoms with E-state index in [1.54, 1.807) is 11.8 Å². The average molecular weight is 287 g/mol. The lowest BCUT2D eigenvalue weighted by molar-refractivity contribution is 0.354. The third kappa shape index (κ3) is 2.41. The van der Waals surface area contributed by atoms with Gasteiger partial charge in [0, 0.05) is 30.1 Å². The van der Waals surface area contributed by atoms with E-state index in [0.717, 1.165) is 16.1 Å². The van der Waals surface area contributed by atoms with E-state index in [1.807, 2.05) is 12.3 Å². The summed E-state index contributed by atoms with van der Waals surface area (Å²) < 4.78 is 0. The molecule has 0 amide bonds. The van der Waals surface area contributed by atoms with Crippen molar-refractivity contribution >= 4 is 17.4 Å². The number of rotatable bonds is 3. The van der Waals surface area contributed by atoms with Crippen LogP contribution in [0.25, 0.3) is 0 Å². The Morgan fingerprint density at radius 3 is 2.60 bits per heavy atom. The zero-order chi connectivity index (χ0) is 14.1. The topological polar surface area (TPSA) is 39.1 Å². The highest BCUT2D eigenvalue weighted by atomic mass is 32.2. The first kappa shape index (κ1) is 13.8. The third-order valence-electron chi connectivity index (χ3n) is 4.71. The van der Waals surface area contributed by atoms with Crippen molar-refractivity contribution < 1.29 is 0 Å². The molecule has 0 aromatic heterocycles. The molecular formula is C16H21N3S. The van der Waals surface area contributed by atoms with Crippen molar-refractivity contribution in [2.45, 2.75) is 48.7 Å². The van der Waals surface area contributed by atoms with Gasteiger partial charge >= 0.3 is 0 Å². The number of hydrogen-bond donors (Lipinski definition) is 1. The quantitative estimate of drug-likeness (QED) is 0.868. The molecule has 2 bridgehead atoms. The van der Waals surface area contributed by atoms with E-state index >= 15 is 0 Å². The number of benzene rings is 1. The highest BCUT2D eigenvalue weighted by molar-refractivity contribution is 7.98. The molecule has 3 rings (SSSR count). The Hall–Kier alpha value is -1.18. The Morgan fingerprint density at radius 1 is 1.30 bits per heavy atom. The zero-order valence-electron chi connectivity index (χ0n) is 12.1. The highest BCUT2D eigenvalue weighted by Gasteiger charge is 2.35. The van der Waals surface area contributed by atoms with Crippen LogP contribution in [-0.2, 0) is 0 Å². The van der Waals surface area contributed by atoms with Crippen LogP contribution < -0.4 is 10.2 Å². The lowest BCUT2D eigenvalue weighted by atomic mass is 9.97. The Balaban J connectivity index is 1.87. The summed E-state index contributed by atoms with van der Waals surface area (Å²) in [5.74, 6) is 0. The fourth-order valence-electron chi connectivity index (χ4n) is 3.64. The Kier molecular flexibility index (Phi) is 3.91. The van der Waals surface area contributed by atoms with Crippen LogP contribution in [0.2, 0.25) is 0 Å². The number of hydrogen-bond acceptors (Lipinski definition) is 4. The minimum absolute atomic E-state index is 0.554. The van der Waals surface area contributed by atoms with Gasteiger partial charge in [0.1, 0.15) is 6.07 Å². The van der Waals surface area contributed by atoms with E-state index in [-0.39, 0.29) is 0 Å². The van der Waals surface area contributed by atoms with Gasteiger partial charge in [0.2, 0.25) is 0 Å². The summed E-state index contributed by atoms with van der Waals surface area (Å²) in [6.07, 6.45) is 7.05. The number of thioether (sulfide) groups is 1. The number of nitrogens with zero attached hydrogens (tertiary/aromatic N) is 2. The summed E-state index contributed by atoms with van der Waals surface area (Å²) in [6, 6.07) is 10.5. The van der Waals surface area contributed by atoms with Crippen LogP contribution in [0.15, 0.2) is 23.1 Å². The summed E-state index contributed by atoms with van der Waals surface area (Å²) in [5.41, 5.74) is 1.92. The smallest absolute Gasteiger partial charge is 0.103 e. The molecular weight excluding hydrogens is 266 g/mol. The summed E-state index contributed by atoms with van der Waals surface area (Å²) >= 11 is 1.65. The predicted molar refractivity (Wildman–Crippen MR) is 84.3 cm³/mol. The number of fused-ring (bicyclic) bond motifs is 2. The third-order valence-corrected chi connectivity index (χ3v) is 5.49. The fraction of sp³-hybridized carbons (Fsp3) is 0.562. The van der Waals surface area contributed by atoms with Gasteiger partial charge in [0.25, 0.3) is 0 Å². The maximum Gasteiger partial charge on any atom is 0.103 e. The fourth-order valence-corrected chi connectivity index (χ4v) is 4.21. The lowest BCUT2D eigenvalue weighted by Crippen LogP contribution is -2.47. The van der Waals surface area contributed by atoms with Gasteiger partial charge in [-0.15, -0.1) is 11.8 Å². The maximum absolute atomic E-state index is 9.49. The number of nitrogens with one attached hydrogen (secondary N) is 1. The van der Waals surface area contributed by atoms with E-state index in [1.165, 1.54) is 25.7 Å². The molecule has 1 aromatic rings. The molecule has 0 radical (unpaired) electrons. The molecule has 0 aliphatic carbocycles. The van der Waals surface area contributed by atoms with Crippen LogP contribution in [0.1, 0.15) is 31.2 Å². The molecule has 106 valence electrons. The summed E-state index contributed by atoms with van der Waals surface area (Å²) in [7, 11) is 2.15. The van der Waals surface area contributed by atoms with Gasteiger partial charge < -0.3 is 10.2 Å². The first-order valence-corrected chi connectivity index (χ1v) is 8.51. The van der Waals surface area contributed by atoms with E-state index in [9.17, 15) is 5.26 Å². The monoisotopic (exact) mass is 287 g/mol. The van der Waals surface area contributed by atoms with Crippen molar-refractivity contribution in [2.24, 2.45) is 0 Å². The predicted octanol–water partition coefficient (Wildman–Crippen LogP) is 3.00. The Bertz CT molecular complexity index is 525. The molecule has 0 spiro atoms. The molecule has 2 heterocycles. The van der Waals surface area contributed by atoms with Crippen LogP contribution in [-0.4, -0.2) is 31.4 Å². The second kappa shape index (κ2) is 5.67. The second-order valence-electron chi connectivity index (χ2n) is 5.84. The maximum atomic E-state index is 9.49. The molecule has 2 aliphatic rings. The molecule has 2 fully saturated rings. The molecule has 20 heavy (non-hydrogen) atoms. The van der Waals surface area contributed by atoms with Gasteiger partial charge in [-0.3, -0.25) is 0 Å². The highest BCUT2D eigenvalue weighted by Crippen LogP contribution is 2.34. The first-order chi connectivity index (χ1) is 9.72. The van der Waals surface area contributed by atoms with Crippen molar-refractivity contribution in [1.82, 2.24) is 5.32 Å². The molecule has 1 N–H and O–H groups in total.